The van der Waals surface area contributed by atoms with E-state index >= 15 is 0 Å². The molecule has 14 heavy (non-hydrogen) atoms. The van der Waals surface area contributed by atoms with Gasteiger partial charge in [-0.25, -0.2) is 9.59 Å². The van der Waals surface area contributed by atoms with E-state index in [-0.39, 0.29) is 25.9 Å². The van der Waals surface area contributed by atoms with E-state index in [1.54, 1.807) is 0 Å². The molecule has 0 atom stereocenters. The van der Waals surface area contributed by atoms with E-state index < -0.39 is 19.3 Å². The van der Waals surface area contributed by atoms with E-state index in [1.807, 2.05) is 0 Å². The third-order valence-corrected chi connectivity index (χ3v) is 0.677. The predicted octanol–water partition coefficient (Wildman–Crippen LogP) is -4.83. The predicted molar refractivity (Wildman–Crippen MR) is 42.6 cm³/mol. The van der Waals surface area contributed by atoms with Crippen LogP contribution >= 0.6 is 0 Å². The van der Waals surface area contributed by atoms with E-state index in [1.165, 1.54) is 6.92 Å². The smallest absolute Gasteiger partial charge is 1.00 e. The molecular weight excluding hydrogens is 190 g/mol. The molecule has 0 aliphatic carbocycles. The summed E-state index contributed by atoms with van der Waals surface area (Å²) in [7, 11) is -2.17. The molecule has 76 valence electrons. The van der Waals surface area contributed by atoms with Crippen molar-refractivity contribution in [2.75, 3.05) is 0 Å². The summed E-state index contributed by atoms with van der Waals surface area (Å²) in [4.78, 5) is 19.7. The van der Waals surface area contributed by atoms with Gasteiger partial charge in [-0.3, -0.25) is 0 Å². The third kappa shape index (κ3) is 22.5. The molecule has 0 amide bonds. The van der Waals surface area contributed by atoms with Crippen LogP contribution in [0, 0.1) is 0 Å². The van der Waals surface area contributed by atoms with Gasteiger partial charge in [0.15, 0.2) is 0 Å². The Morgan fingerprint density at radius 1 is 1.21 bits per heavy atom. The first-order valence-corrected chi connectivity index (χ1v) is 2.96. The van der Waals surface area contributed by atoms with Crippen LogP contribution in [-0.4, -0.2) is 44.5 Å². The summed E-state index contributed by atoms with van der Waals surface area (Å²) in [6.45, 7) is 1.22. The van der Waals surface area contributed by atoms with Crippen molar-refractivity contribution in [1.82, 2.24) is 0 Å². The van der Waals surface area contributed by atoms with Crippen LogP contribution in [0.1, 0.15) is 8.35 Å². The maximum atomic E-state index is 9.90. The Bertz CT molecular complexity index is 217. The second kappa shape index (κ2) is 10.3. The molecule has 0 radical (unpaired) electrons. The largest absolute Gasteiger partial charge is 1.00 e. The zero-order chi connectivity index (χ0) is 11.0. The van der Waals surface area contributed by atoms with Crippen LogP contribution in [0.15, 0.2) is 11.6 Å². The fourth-order valence-corrected chi connectivity index (χ4v) is 0.247. The zero-order valence-electron chi connectivity index (χ0n) is 8.71. The second-order valence-corrected chi connectivity index (χ2v) is 1.82. The molecule has 9 heteroatoms. The molecule has 0 aromatic rings. The Morgan fingerprint density at radius 2 is 1.50 bits per heavy atom. The summed E-state index contributed by atoms with van der Waals surface area (Å²) in [6.07, 6.45) is 0.641. The molecule has 0 aliphatic heterocycles. The van der Waals surface area contributed by atoms with Gasteiger partial charge in [0, 0.05) is 11.6 Å². The fraction of sp³-hybridized carbons (Fsp3) is 0.200. The minimum Gasteiger partial charge on any atom is -1.00 e. The summed E-state index contributed by atoms with van der Waals surface area (Å²) < 4.78 is 0. The standard InChI is InChI=1S/C5H6O4.BH3O3.Li.H/c1-3(5(8)9)2-4(6)7;2-1(3)4;;/h2H,1H3,(H,6,7)(H,8,9);2-4H;;/q;;+1;-1/b3-2-;;;. The van der Waals surface area contributed by atoms with Crippen LogP contribution in [0.3, 0.4) is 0 Å². The Hall–Kier alpha value is -0.778. The monoisotopic (exact) mass is 200 g/mol. The van der Waals surface area contributed by atoms with Crippen molar-refractivity contribution in [2.45, 2.75) is 6.92 Å². The summed E-state index contributed by atoms with van der Waals surface area (Å²) in [5, 5.41) is 37.6. The topological polar surface area (TPSA) is 135 Å². The van der Waals surface area contributed by atoms with Gasteiger partial charge in [0.2, 0.25) is 0 Å². The van der Waals surface area contributed by atoms with Crippen LogP contribution in [0.5, 0.6) is 0 Å². The molecule has 0 heterocycles. The maximum absolute atomic E-state index is 9.90. The third-order valence-electron chi connectivity index (χ3n) is 0.677. The Kier molecular flexibility index (Phi) is 13.9. The molecule has 7 nitrogen and oxygen atoms in total. The molecule has 0 saturated carbocycles. The van der Waals surface area contributed by atoms with Crippen LogP contribution in [0.2, 0.25) is 0 Å². The number of carboxylic acid groups (broad SMARTS) is 2. The van der Waals surface area contributed by atoms with Crippen molar-refractivity contribution < 1.29 is 55.2 Å². The first kappa shape index (κ1) is 18.9. The van der Waals surface area contributed by atoms with Crippen molar-refractivity contribution in [1.29, 1.82) is 0 Å². The van der Waals surface area contributed by atoms with Gasteiger partial charge in [-0.05, 0) is 6.92 Å². The van der Waals surface area contributed by atoms with Crippen molar-refractivity contribution in [3.05, 3.63) is 11.6 Å². The number of carbonyl (C=O) groups is 2. The first-order chi connectivity index (χ1) is 5.77. The second-order valence-electron chi connectivity index (χ2n) is 1.82. The van der Waals surface area contributed by atoms with Gasteiger partial charge < -0.3 is 26.7 Å². The Morgan fingerprint density at radius 3 is 1.57 bits per heavy atom. The van der Waals surface area contributed by atoms with Crippen molar-refractivity contribution in [2.24, 2.45) is 0 Å². The van der Waals surface area contributed by atoms with Crippen LogP contribution in [0.4, 0.5) is 0 Å². The average molecular weight is 200 g/mol. The fourth-order valence-electron chi connectivity index (χ4n) is 0.247. The Labute approximate surface area is 93.5 Å². The summed E-state index contributed by atoms with van der Waals surface area (Å²) in [5.41, 5.74) is -0.178. The van der Waals surface area contributed by atoms with E-state index in [0.29, 0.717) is 6.08 Å². The van der Waals surface area contributed by atoms with Gasteiger partial charge in [0.05, 0.1) is 0 Å². The number of aliphatic carboxylic acids is 2. The van der Waals surface area contributed by atoms with Gasteiger partial charge in [-0.2, -0.15) is 0 Å². The molecular formula is C5H10BLiO7. The van der Waals surface area contributed by atoms with Crippen LogP contribution in [-0.2, 0) is 9.59 Å². The molecule has 0 aliphatic rings. The van der Waals surface area contributed by atoms with E-state index in [4.69, 9.17) is 25.3 Å². The Balaban J connectivity index is -0.0000000883. The van der Waals surface area contributed by atoms with Crippen molar-refractivity contribution in [3.8, 4) is 0 Å². The number of carboxylic acids is 2. The minimum atomic E-state index is -2.17. The SMILES string of the molecule is C/C(=C/C(=O)O)C(=O)O.OB(O)O.[H-].[Li+]. The van der Waals surface area contributed by atoms with Crippen LogP contribution in [0.25, 0.3) is 0 Å². The molecule has 0 aromatic heterocycles. The average Bonchev–Trinajstić information content (AvgIpc) is 1.83. The molecule has 0 aromatic carbocycles. The number of hydrogen-bond donors (Lipinski definition) is 5. The summed E-state index contributed by atoms with van der Waals surface area (Å²) in [6, 6.07) is 0. The quantitative estimate of drug-likeness (QED) is 0.223. The molecule has 0 rings (SSSR count). The normalized spacial score (nSPS) is 9.00. The van der Waals surface area contributed by atoms with Gasteiger partial charge in [0.25, 0.3) is 0 Å². The zero-order valence-corrected chi connectivity index (χ0v) is 7.71. The van der Waals surface area contributed by atoms with E-state index in [0.717, 1.165) is 0 Å². The first-order valence-electron chi connectivity index (χ1n) is 2.96. The van der Waals surface area contributed by atoms with Gasteiger partial charge in [0.1, 0.15) is 0 Å². The van der Waals surface area contributed by atoms with Gasteiger partial charge in [-0.15, -0.1) is 0 Å². The summed E-state index contributed by atoms with van der Waals surface area (Å²) in [5.74, 6) is -2.45. The molecule has 0 fully saturated rings. The van der Waals surface area contributed by atoms with Crippen LogP contribution < -0.4 is 18.9 Å². The van der Waals surface area contributed by atoms with Gasteiger partial charge >= 0.3 is 38.1 Å². The maximum Gasteiger partial charge on any atom is 1.00 e. The molecule has 0 bridgehead atoms. The molecule has 5 N–H and O–H groups in total. The number of rotatable bonds is 2. The minimum absolute atomic E-state index is 0. The van der Waals surface area contributed by atoms with Crippen molar-refractivity contribution in [3.63, 3.8) is 0 Å². The van der Waals surface area contributed by atoms with Crippen molar-refractivity contribution >= 4 is 19.3 Å². The van der Waals surface area contributed by atoms with E-state index in [2.05, 4.69) is 0 Å². The summed E-state index contributed by atoms with van der Waals surface area (Å²) >= 11 is 0. The molecule has 0 unspecified atom stereocenters. The molecule has 0 spiro atoms. The van der Waals surface area contributed by atoms with E-state index in [9.17, 15) is 9.59 Å². The van der Waals surface area contributed by atoms with Gasteiger partial charge in [-0.1, -0.05) is 0 Å². The number of hydrogen-bond acceptors (Lipinski definition) is 5. The molecule has 0 saturated heterocycles.